The van der Waals surface area contributed by atoms with Crippen LogP contribution in [-0.4, -0.2) is 24.8 Å². The fourth-order valence-corrected chi connectivity index (χ4v) is 2.45. The van der Waals surface area contributed by atoms with Gasteiger partial charge in [-0.3, -0.25) is 0 Å². The quantitative estimate of drug-likeness (QED) is 0.719. The minimum absolute atomic E-state index is 0.585. The van der Waals surface area contributed by atoms with Gasteiger partial charge in [0.25, 0.3) is 0 Å². The van der Waals surface area contributed by atoms with E-state index in [1.165, 1.54) is 25.7 Å². The highest BCUT2D eigenvalue weighted by Crippen LogP contribution is 2.38. The third-order valence-electron chi connectivity index (χ3n) is 3.57. The van der Waals surface area contributed by atoms with Crippen molar-refractivity contribution in [3.05, 3.63) is 0 Å². The molecule has 13 heavy (non-hydrogen) atoms. The molecule has 2 bridgehead atoms. The number of rotatable bonds is 4. The maximum atomic E-state index is 5.81. The van der Waals surface area contributed by atoms with Crippen LogP contribution in [0.25, 0.3) is 0 Å². The fourth-order valence-electron chi connectivity index (χ4n) is 2.45. The van der Waals surface area contributed by atoms with Crippen molar-refractivity contribution in [2.75, 3.05) is 6.54 Å². The third-order valence-corrected chi connectivity index (χ3v) is 3.57. The maximum Gasteiger partial charge on any atom is 0.0621 e. The molecule has 2 heterocycles. The van der Waals surface area contributed by atoms with Gasteiger partial charge < -0.3 is 10.1 Å². The van der Waals surface area contributed by atoms with E-state index in [1.807, 2.05) is 0 Å². The van der Waals surface area contributed by atoms with Gasteiger partial charge in [0.15, 0.2) is 0 Å². The second-order valence-electron chi connectivity index (χ2n) is 4.59. The standard InChI is InChI=1S/C11H21NO/c1-3-8(2)12-7-9-6-10-4-5-11(9)13-10/h8-12H,3-7H2,1-2H3. The van der Waals surface area contributed by atoms with Crippen molar-refractivity contribution >= 4 is 0 Å². The summed E-state index contributed by atoms with van der Waals surface area (Å²) in [4.78, 5) is 0. The van der Waals surface area contributed by atoms with Crippen LogP contribution in [-0.2, 0) is 4.74 Å². The van der Waals surface area contributed by atoms with Crippen LogP contribution in [0.15, 0.2) is 0 Å². The minimum atomic E-state index is 0.585. The van der Waals surface area contributed by atoms with Crippen LogP contribution < -0.4 is 5.32 Å². The van der Waals surface area contributed by atoms with E-state index in [1.54, 1.807) is 0 Å². The summed E-state index contributed by atoms with van der Waals surface area (Å²) in [7, 11) is 0. The molecule has 0 aromatic heterocycles. The second kappa shape index (κ2) is 3.97. The molecule has 0 radical (unpaired) electrons. The molecule has 4 atom stereocenters. The van der Waals surface area contributed by atoms with Gasteiger partial charge in [0.1, 0.15) is 0 Å². The van der Waals surface area contributed by atoms with Crippen LogP contribution in [0.5, 0.6) is 0 Å². The lowest BCUT2D eigenvalue weighted by atomic mass is 9.89. The molecule has 2 nitrogen and oxygen atoms in total. The van der Waals surface area contributed by atoms with Crippen molar-refractivity contribution in [2.24, 2.45) is 5.92 Å². The lowest BCUT2D eigenvalue weighted by molar-refractivity contribution is 0.0920. The van der Waals surface area contributed by atoms with E-state index in [4.69, 9.17) is 4.74 Å². The van der Waals surface area contributed by atoms with Crippen LogP contribution in [0, 0.1) is 5.92 Å². The van der Waals surface area contributed by atoms with E-state index in [-0.39, 0.29) is 0 Å². The number of hydrogen-bond donors (Lipinski definition) is 1. The molecule has 0 aromatic rings. The molecular formula is C11H21NO. The molecule has 2 aliphatic rings. The molecule has 2 saturated heterocycles. The van der Waals surface area contributed by atoms with E-state index in [0.29, 0.717) is 18.2 Å². The monoisotopic (exact) mass is 183 g/mol. The molecule has 0 aliphatic carbocycles. The Morgan fingerprint density at radius 2 is 2.31 bits per heavy atom. The molecule has 2 rings (SSSR count). The summed E-state index contributed by atoms with van der Waals surface area (Å²) in [6.07, 6.45) is 6.33. The number of nitrogens with one attached hydrogen (secondary N) is 1. The maximum absolute atomic E-state index is 5.81. The zero-order valence-electron chi connectivity index (χ0n) is 8.75. The zero-order chi connectivity index (χ0) is 9.26. The Balaban J connectivity index is 1.71. The molecule has 0 saturated carbocycles. The summed E-state index contributed by atoms with van der Waals surface area (Å²) in [6, 6.07) is 0.666. The largest absolute Gasteiger partial charge is 0.375 e. The predicted molar refractivity (Wildman–Crippen MR) is 53.8 cm³/mol. The van der Waals surface area contributed by atoms with Gasteiger partial charge >= 0.3 is 0 Å². The summed E-state index contributed by atoms with van der Waals surface area (Å²) < 4.78 is 5.81. The highest BCUT2D eigenvalue weighted by Gasteiger charge is 2.40. The highest BCUT2D eigenvalue weighted by atomic mass is 16.5. The lowest BCUT2D eigenvalue weighted by Crippen LogP contribution is -2.34. The van der Waals surface area contributed by atoms with Crippen molar-refractivity contribution in [2.45, 2.75) is 57.8 Å². The molecule has 2 fully saturated rings. The molecule has 1 N–H and O–H groups in total. The number of hydrogen-bond acceptors (Lipinski definition) is 2. The number of ether oxygens (including phenoxy) is 1. The van der Waals surface area contributed by atoms with Crippen molar-refractivity contribution < 1.29 is 4.74 Å². The van der Waals surface area contributed by atoms with Gasteiger partial charge in [-0.15, -0.1) is 0 Å². The van der Waals surface area contributed by atoms with E-state index in [9.17, 15) is 0 Å². The SMILES string of the molecule is CCC(C)NCC1CC2CCC1O2. The summed E-state index contributed by atoms with van der Waals surface area (Å²) in [5, 5.41) is 3.58. The fraction of sp³-hybridized carbons (Fsp3) is 1.00. The van der Waals surface area contributed by atoms with Crippen molar-refractivity contribution in [1.29, 1.82) is 0 Å². The highest BCUT2D eigenvalue weighted by molar-refractivity contribution is 4.90. The Labute approximate surface area is 81.0 Å². The molecule has 0 aromatic carbocycles. The average molecular weight is 183 g/mol. The van der Waals surface area contributed by atoms with E-state index in [0.717, 1.165) is 12.5 Å². The van der Waals surface area contributed by atoms with Crippen molar-refractivity contribution in [1.82, 2.24) is 5.32 Å². The summed E-state index contributed by atoms with van der Waals surface area (Å²) >= 11 is 0. The Kier molecular flexibility index (Phi) is 2.89. The van der Waals surface area contributed by atoms with Gasteiger partial charge in [0.2, 0.25) is 0 Å². The first-order valence-corrected chi connectivity index (χ1v) is 5.68. The normalized spacial score (nSPS) is 39.7. The molecule has 0 amide bonds. The first kappa shape index (κ1) is 9.47. The van der Waals surface area contributed by atoms with Crippen LogP contribution in [0.4, 0.5) is 0 Å². The van der Waals surface area contributed by atoms with Crippen LogP contribution in [0.1, 0.15) is 39.5 Å². The first-order chi connectivity index (χ1) is 6.29. The van der Waals surface area contributed by atoms with E-state index in [2.05, 4.69) is 19.2 Å². The average Bonchev–Trinajstić information content (AvgIpc) is 2.74. The first-order valence-electron chi connectivity index (χ1n) is 5.68. The molecule has 0 spiro atoms. The Hall–Kier alpha value is -0.0800. The Morgan fingerprint density at radius 3 is 2.85 bits per heavy atom. The van der Waals surface area contributed by atoms with Gasteiger partial charge in [-0.1, -0.05) is 6.92 Å². The van der Waals surface area contributed by atoms with Gasteiger partial charge in [0, 0.05) is 18.5 Å². The summed E-state index contributed by atoms with van der Waals surface area (Å²) in [6.45, 7) is 5.65. The lowest BCUT2D eigenvalue weighted by Gasteiger charge is -2.21. The van der Waals surface area contributed by atoms with Crippen molar-refractivity contribution in [3.8, 4) is 0 Å². The summed E-state index contributed by atoms with van der Waals surface area (Å²) in [5.74, 6) is 0.799. The Morgan fingerprint density at radius 1 is 1.46 bits per heavy atom. The third kappa shape index (κ3) is 2.05. The summed E-state index contributed by atoms with van der Waals surface area (Å²) in [5.41, 5.74) is 0. The number of fused-ring (bicyclic) bond motifs is 2. The topological polar surface area (TPSA) is 21.3 Å². The molecule has 2 heteroatoms. The molecule has 4 unspecified atom stereocenters. The van der Waals surface area contributed by atoms with E-state index >= 15 is 0 Å². The minimum Gasteiger partial charge on any atom is -0.375 e. The van der Waals surface area contributed by atoms with Crippen molar-refractivity contribution in [3.63, 3.8) is 0 Å². The van der Waals surface area contributed by atoms with E-state index < -0.39 is 0 Å². The predicted octanol–water partition coefficient (Wildman–Crippen LogP) is 1.94. The van der Waals surface area contributed by atoms with Crippen LogP contribution >= 0.6 is 0 Å². The molecular weight excluding hydrogens is 162 g/mol. The molecule has 76 valence electrons. The van der Waals surface area contributed by atoms with Gasteiger partial charge in [-0.05, 0) is 32.6 Å². The Bertz CT molecular complexity index is 171. The smallest absolute Gasteiger partial charge is 0.0621 e. The second-order valence-corrected chi connectivity index (χ2v) is 4.59. The zero-order valence-corrected chi connectivity index (χ0v) is 8.75. The van der Waals surface area contributed by atoms with Gasteiger partial charge in [-0.2, -0.15) is 0 Å². The van der Waals surface area contributed by atoms with Crippen LogP contribution in [0.2, 0.25) is 0 Å². The molecule has 2 aliphatic heterocycles. The van der Waals surface area contributed by atoms with Gasteiger partial charge in [0.05, 0.1) is 12.2 Å². The van der Waals surface area contributed by atoms with Crippen LogP contribution in [0.3, 0.4) is 0 Å². The van der Waals surface area contributed by atoms with Gasteiger partial charge in [-0.25, -0.2) is 0 Å².